The average molecular weight is 140 g/mol. The van der Waals surface area contributed by atoms with Gasteiger partial charge in [-0.1, -0.05) is 0 Å². The van der Waals surface area contributed by atoms with E-state index in [1.54, 1.807) is 12.2 Å². The first-order valence-corrected chi connectivity index (χ1v) is 2.90. The van der Waals surface area contributed by atoms with Crippen molar-refractivity contribution < 1.29 is 14.3 Å². The smallest absolute Gasteiger partial charge is 0.337 e. The molecule has 1 heterocycles. The summed E-state index contributed by atoms with van der Waals surface area (Å²) >= 11 is 0. The molecule has 1 rings (SSSR count). The molecule has 54 valence electrons. The maximum Gasteiger partial charge on any atom is 0.337 e. The van der Waals surface area contributed by atoms with E-state index in [9.17, 15) is 4.79 Å². The molecule has 0 bridgehead atoms. The van der Waals surface area contributed by atoms with Crippen molar-refractivity contribution in [2.24, 2.45) is 0 Å². The number of hydrogen-bond acceptors (Lipinski definition) is 3. The highest BCUT2D eigenvalue weighted by Crippen LogP contribution is 2.03. The summed E-state index contributed by atoms with van der Waals surface area (Å²) in [6, 6.07) is 0. The minimum atomic E-state index is -0.329. The van der Waals surface area contributed by atoms with E-state index < -0.39 is 0 Å². The molecule has 0 aliphatic carbocycles. The number of carbonyl (C=O) groups is 1. The van der Waals surface area contributed by atoms with Crippen LogP contribution in [0.5, 0.6) is 0 Å². The van der Waals surface area contributed by atoms with E-state index in [1.165, 1.54) is 13.4 Å². The second kappa shape index (κ2) is 3.06. The Morgan fingerprint density at radius 1 is 1.80 bits per heavy atom. The summed E-state index contributed by atoms with van der Waals surface area (Å²) < 4.78 is 9.32. The lowest BCUT2D eigenvalue weighted by molar-refractivity contribution is -0.136. The van der Waals surface area contributed by atoms with Crippen LogP contribution in [0.4, 0.5) is 0 Å². The van der Waals surface area contributed by atoms with E-state index in [0.29, 0.717) is 12.2 Å². The molecule has 3 heteroatoms. The van der Waals surface area contributed by atoms with Gasteiger partial charge in [-0.15, -0.1) is 0 Å². The molecular weight excluding hydrogens is 132 g/mol. The van der Waals surface area contributed by atoms with Crippen molar-refractivity contribution >= 4 is 5.97 Å². The van der Waals surface area contributed by atoms with Gasteiger partial charge in [-0.3, -0.25) is 0 Å². The van der Waals surface area contributed by atoms with Crippen molar-refractivity contribution in [2.75, 3.05) is 13.7 Å². The summed E-state index contributed by atoms with van der Waals surface area (Å²) in [5, 5.41) is 0. The van der Waals surface area contributed by atoms with E-state index >= 15 is 0 Å². The minimum absolute atomic E-state index is 0.309. The molecule has 0 saturated heterocycles. The van der Waals surface area contributed by atoms with Crippen molar-refractivity contribution in [3.05, 3.63) is 24.0 Å². The zero-order chi connectivity index (χ0) is 7.40. The molecule has 0 aromatic carbocycles. The SMILES string of the molecule is COC(=O)C1=CC=COC1. The second-order valence-corrected chi connectivity index (χ2v) is 1.82. The summed E-state index contributed by atoms with van der Waals surface area (Å²) in [4.78, 5) is 10.8. The van der Waals surface area contributed by atoms with Crippen LogP contribution in [0, 0.1) is 0 Å². The Bertz CT molecular complexity index is 191. The van der Waals surface area contributed by atoms with Crippen molar-refractivity contribution in [3.63, 3.8) is 0 Å². The third-order valence-corrected chi connectivity index (χ3v) is 1.16. The van der Waals surface area contributed by atoms with Crippen LogP contribution in [0.1, 0.15) is 0 Å². The van der Waals surface area contributed by atoms with Gasteiger partial charge in [0.1, 0.15) is 6.61 Å². The molecule has 0 aromatic rings. The summed E-state index contributed by atoms with van der Waals surface area (Å²) in [6.45, 7) is 0.309. The van der Waals surface area contributed by atoms with Gasteiger partial charge in [0, 0.05) is 0 Å². The van der Waals surface area contributed by atoms with Crippen molar-refractivity contribution in [1.29, 1.82) is 0 Å². The van der Waals surface area contributed by atoms with E-state index in [-0.39, 0.29) is 5.97 Å². The summed E-state index contributed by atoms with van der Waals surface area (Å²) in [5.41, 5.74) is 0.546. The molecule has 3 nitrogen and oxygen atoms in total. The molecule has 0 aromatic heterocycles. The zero-order valence-electron chi connectivity index (χ0n) is 5.66. The first-order valence-electron chi connectivity index (χ1n) is 2.90. The summed E-state index contributed by atoms with van der Waals surface area (Å²) in [7, 11) is 1.35. The van der Waals surface area contributed by atoms with E-state index in [4.69, 9.17) is 4.74 Å². The minimum Gasteiger partial charge on any atom is -0.496 e. The highest BCUT2D eigenvalue weighted by molar-refractivity contribution is 5.89. The van der Waals surface area contributed by atoms with Crippen LogP contribution in [0.15, 0.2) is 24.0 Å². The van der Waals surface area contributed by atoms with E-state index in [0.717, 1.165) is 0 Å². The molecule has 1 aliphatic rings. The molecular formula is C7H8O3. The number of hydrogen-bond donors (Lipinski definition) is 0. The van der Waals surface area contributed by atoms with Gasteiger partial charge in [0.2, 0.25) is 0 Å². The van der Waals surface area contributed by atoms with Crippen LogP contribution in [-0.4, -0.2) is 19.7 Å². The van der Waals surface area contributed by atoms with E-state index in [2.05, 4.69) is 4.74 Å². The molecule has 0 atom stereocenters. The van der Waals surface area contributed by atoms with Crippen LogP contribution in [-0.2, 0) is 14.3 Å². The lowest BCUT2D eigenvalue weighted by atomic mass is 10.2. The first-order chi connectivity index (χ1) is 4.84. The van der Waals surface area contributed by atoms with Gasteiger partial charge >= 0.3 is 5.97 Å². The number of carbonyl (C=O) groups excluding carboxylic acids is 1. The van der Waals surface area contributed by atoms with Crippen LogP contribution < -0.4 is 0 Å². The molecule has 0 radical (unpaired) electrons. The lowest BCUT2D eigenvalue weighted by Gasteiger charge is -2.06. The van der Waals surface area contributed by atoms with Gasteiger partial charge in [-0.2, -0.15) is 0 Å². The van der Waals surface area contributed by atoms with Crippen LogP contribution >= 0.6 is 0 Å². The first kappa shape index (κ1) is 6.86. The van der Waals surface area contributed by atoms with Crippen molar-refractivity contribution in [2.45, 2.75) is 0 Å². The number of allylic oxidation sites excluding steroid dienone is 2. The Kier molecular flexibility index (Phi) is 2.10. The van der Waals surface area contributed by atoms with Gasteiger partial charge in [0.05, 0.1) is 18.9 Å². The third kappa shape index (κ3) is 1.37. The Morgan fingerprint density at radius 2 is 2.60 bits per heavy atom. The van der Waals surface area contributed by atoms with Gasteiger partial charge < -0.3 is 9.47 Å². The number of ether oxygens (including phenoxy) is 2. The maximum atomic E-state index is 10.8. The van der Waals surface area contributed by atoms with Crippen LogP contribution in [0.2, 0.25) is 0 Å². The molecule has 10 heavy (non-hydrogen) atoms. The van der Waals surface area contributed by atoms with Gasteiger partial charge in [-0.05, 0) is 12.2 Å². The fraction of sp³-hybridized carbons (Fsp3) is 0.286. The van der Waals surface area contributed by atoms with E-state index in [1.807, 2.05) is 0 Å². The fourth-order valence-electron chi connectivity index (χ4n) is 0.655. The van der Waals surface area contributed by atoms with Crippen LogP contribution in [0.25, 0.3) is 0 Å². The lowest BCUT2D eigenvalue weighted by Crippen LogP contribution is -2.10. The maximum absolute atomic E-state index is 10.8. The molecule has 0 fully saturated rings. The molecule has 1 aliphatic heterocycles. The topological polar surface area (TPSA) is 35.5 Å². The predicted molar refractivity (Wildman–Crippen MR) is 35.2 cm³/mol. The molecule has 0 unspecified atom stereocenters. The van der Waals surface area contributed by atoms with Gasteiger partial charge in [0.15, 0.2) is 0 Å². The predicted octanol–water partition coefficient (Wildman–Crippen LogP) is 0.630. The number of rotatable bonds is 1. The average Bonchev–Trinajstić information content (AvgIpc) is 2.05. The quantitative estimate of drug-likeness (QED) is 0.501. The van der Waals surface area contributed by atoms with Gasteiger partial charge in [0.25, 0.3) is 0 Å². The fourth-order valence-corrected chi connectivity index (χ4v) is 0.655. The largest absolute Gasteiger partial charge is 0.496 e. The highest BCUT2D eigenvalue weighted by Gasteiger charge is 2.09. The molecule has 0 spiro atoms. The Labute approximate surface area is 58.9 Å². The molecule has 0 amide bonds. The molecule has 0 N–H and O–H groups in total. The standard InChI is InChI=1S/C7H8O3/c1-9-7(8)6-3-2-4-10-5-6/h2-4H,5H2,1H3. The molecule has 0 saturated carbocycles. The monoisotopic (exact) mass is 140 g/mol. The number of esters is 1. The van der Waals surface area contributed by atoms with Crippen molar-refractivity contribution in [3.8, 4) is 0 Å². The highest BCUT2D eigenvalue weighted by atomic mass is 16.5. The summed E-state index contributed by atoms with van der Waals surface area (Å²) in [5.74, 6) is -0.329. The zero-order valence-corrected chi connectivity index (χ0v) is 5.66. The Balaban J connectivity index is 2.62. The Hall–Kier alpha value is -1.25. The summed E-state index contributed by atoms with van der Waals surface area (Å²) in [6.07, 6.45) is 4.87. The number of methoxy groups -OCH3 is 1. The third-order valence-electron chi connectivity index (χ3n) is 1.16. The van der Waals surface area contributed by atoms with Crippen LogP contribution in [0.3, 0.4) is 0 Å². The van der Waals surface area contributed by atoms with Crippen molar-refractivity contribution in [1.82, 2.24) is 0 Å². The van der Waals surface area contributed by atoms with Gasteiger partial charge in [-0.25, -0.2) is 4.79 Å². The second-order valence-electron chi connectivity index (χ2n) is 1.82. The normalized spacial score (nSPS) is 15.5. The Morgan fingerprint density at radius 3 is 3.10 bits per heavy atom.